The molecule has 0 amide bonds. The first-order valence-corrected chi connectivity index (χ1v) is 8.47. The number of hydrogen-bond acceptors (Lipinski definition) is 3. The summed E-state index contributed by atoms with van der Waals surface area (Å²) >= 11 is 6.15. The highest BCUT2D eigenvalue weighted by atomic mass is 35.5. The Labute approximate surface area is 136 Å². The van der Waals surface area contributed by atoms with E-state index < -0.39 is 0 Å². The van der Waals surface area contributed by atoms with Crippen molar-refractivity contribution in [1.29, 1.82) is 0 Å². The summed E-state index contributed by atoms with van der Waals surface area (Å²) in [6, 6.07) is 6.12. The first-order chi connectivity index (χ1) is 10.8. The van der Waals surface area contributed by atoms with E-state index in [0.29, 0.717) is 0 Å². The van der Waals surface area contributed by atoms with E-state index in [0.717, 1.165) is 57.1 Å². The average molecular weight is 322 g/mol. The van der Waals surface area contributed by atoms with E-state index in [9.17, 15) is 0 Å². The van der Waals surface area contributed by atoms with E-state index in [1.165, 1.54) is 16.5 Å². The maximum absolute atomic E-state index is 9.08. The summed E-state index contributed by atoms with van der Waals surface area (Å²) in [6.07, 6.45) is 4.07. The highest BCUT2D eigenvalue weighted by Gasteiger charge is 2.13. The van der Waals surface area contributed by atoms with Crippen LogP contribution in [0.2, 0.25) is 5.02 Å². The fourth-order valence-electron chi connectivity index (χ4n) is 3.18. The number of rotatable bonds is 6. The molecule has 120 valence electrons. The van der Waals surface area contributed by atoms with Crippen molar-refractivity contribution in [2.24, 2.45) is 0 Å². The zero-order valence-corrected chi connectivity index (χ0v) is 13.6. The number of aliphatic hydroxyl groups is 1. The molecule has 5 heteroatoms. The fourth-order valence-corrected chi connectivity index (χ4v) is 3.35. The van der Waals surface area contributed by atoms with Gasteiger partial charge in [-0.15, -0.1) is 0 Å². The van der Waals surface area contributed by atoms with Crippen LogP contribution in [-0.4, -0.2) is 53.9 Å². The number of benzene rings is 1. The lowest BCUT2D eigenvalue weighted by molar-refractivity contribution is 0.244. The Morgan fingerprint density at radius 3 is 2.77 bits per heavy atom. The molecule has 2 aromatic rings. The molecule has 0 atom stereocenters. The summed E-state index contributed by atoms with van der Waals surface area (Å²) in [5.74, 6) is 0. The molecule has 0 radical (unpaired) electrons. The van der Waals surface area contributed by atoms with Crippen molar-refractivity contribution in [3.8, 4) is 0 Å². The zero-order valence-electron chi connectivity index (χ0n) is 12.9. The van der Waals surface area contributed by atoms with Crippen molar-refractivity contribution in [2.75, 3.05) is 39.3 Å². The Morgan fingerprint density at radius 1 is 1.18 bits per heavy atom. The predicted octanol–water partition coefficient (Wildman–Crippen LogP) is 2.12. The third-order valence-corrected chi connectivity index (χ3v) is 4.63. The van der Waals surface area contributed by atoms with Gasteiger partial charge in [0.15, 0.2) is 0 Å². The number of aliphatic hydroxyl groups excluding tert-OH is 1. The maximum Gasteiger partial charge on any atom is 0.0498 e. The van der Waals surface area contributed by atoms with Crippen LogP contribution in [0.25, 0.3) is 10.9 Å². The lowest BCUT2D eigenvalue weighted by Gasteiger charge is -2.26. The Bertz CT molecular complexity index is 620. The molecule has 1 fully saturated rings. The van der Waals surface area contributed by atoms with Crippen LogP contribution in [0.5, 0.6) is 0 Å². The molecular weight excluding hydrogens is 298 g/mol. The Hall–Kier alpha value is -1.07. The highest BCUT2D eigenvalue weighted by Crippen LogP contribution is 2.25. The van der Waals surface area contributed by atoms with Crippen LogP contribution < -0.4 is 5.32 Å². The van der Waals surface area contributed by atoms with Crippen LogP contribution in [-0.2, 0) is 13.0 Å². The quantitative estimate of drug-likeness (QED) is 0.856. The van der Waals surface area contributed by atoms with Crippen LogP contribution >= 0.6 is 11.6 Å². The van der Waals surface area contributed by atoms with Crippen molar-refractivity contribution < 1.29 is 5.11 Å². The Morgan fingerprint density at radius 2 is 2.00 bits per heavy atom. The van der Waals surface area contributed by atoms with Gasteiger partial charge in [0.1, 0.15) is 0 Å². The number of aryl methyl sites for hydroxylation is 1. The molecule has 1 aromatic carbocycles. The van der Waals surface area contributed by atoms with Crippen LogP contribution in [0, 0.1) is 0 Å². The van der Waals surface area contributed by atoms with E-state index in [1.807, 2.05) is 12.1 Å². The van der Waals surface area contributed by atoms with Crippen LogP contribution in [0.4, 0.5) is 0 Å². The molecule has 1 aromatic heterocycles. The molecule has 2 heterocycles. The molecule has 0 unspecified atom stereocenters. The minimum Gasteiger partial charge on any atom is -0.396 e. The van der Waals surface area contributed by atoms with Gasteiger partial charge in [0.2, 0.25) is 0 Å². The van der Waals surface area contributed by atoms with Gasteiger partial charge in [0, 0.05) is 68.0 Å². The molecular formula is C17H24ClN3O. The van der Waals surface area contributed by atoms with E-state index in [1.54, 1.807) is 0 Å². The minimum atomic E-state index is 0.219. The van der Waals surface area contributed by atoms with Gasteiger partial charge in [0.05, 0.1) is 0 Å². The maximum atomic E-state index is 9.08. The number of piperazine rings is 1. The molecule has 0 bridgehead atoms. The van der Waals surface area contributed by atoms with E-state index >= 15 is 0 Å². The van der Waals surface area contributed by atoms with E-state index in [4.69, 9.17) is 16.7 Å². The third kappa shape index (κ3) is 3.63. The monoisotopic (exact) mass is 321 g/mol. The van der Waals surface area contributed by atoms with Gasteiger partial charge in [0.25, 0.3) is 0 Å². The fraction of sp³-hybridized carbons (Fsp3) is 0.529. The molecule has 3 rings (SSSR count). The van der Waals surface area contributed by atoms with Gasteiger partial charge in [-0.25, -0.2) is 0 Å². The van der Waals surface area contributed by atoms with E-state index in [2.05, 4.69) is 27.0 Å². The summed E-state index contributed by atoms with van der Waals surface area (Å²) in [6.45, 7) is 6.60. The number of aromatic nitrogens is 1. The number of nitrogens with zero attached hydrogens (tertiary/aromatic N) is 2. The highest BCUT2D eigenvalue weighted by molar-refractivity contribution is 6.31. The van der Waals surface area contributed by atoms with Crippen LogP contribution in [0.1, 0.15) is 12.0 Å². The van der Waals surface area contributed by atoms with E-state index in [-0.39, 0.29) is 6.61 Å². The molecule has 4 nitrogen and oxygen atoms in total. The number of fused-ring (bicyclic) bond motifs is 1. The lowest BCUT2D eigenvalue weighted by atomic mass is 10.1. The van der Waals surface area contributed by atoms with Crippen LogP contribution in [0.15, 0.2) is 24.4 Å². The summed E-state index contributed by atoms with van der Waals surface area (Å²) in [5.41, 5.74) is 2.55. The molecule has 22 heavy (non-hydrogen) atoms. The Kier molecular flexibility index (Phi) is 5.37. The molecule has 0 saturated carbocycles. The zero-order chi connectivity index (χ0) is 15.4. The number of halogens is 1. The molecule has 0 spiro atoms. The normalized spacial score (nSPS) is 16.5. The van der Waals surface area contributed by atoms with Gasteiger partial charge < -0.3 is 19.9 Å². The minimum absolute atomic E-state index is 0.219. The SMILES string of the molecule is OCCCn1cc(CCN2CCNCC2)c2ccc(Cl)cc21. The smallest absolute Gasteiger partial charge is 0.0498 e. The largest absolute Gasteiger partial charge is 0.396 e. The van der Waals surface area contributed by atoms with Crippen molar-refractivity contribution in [2.45, 2.75) is 19.4 Å². The third-order valence-electron chi connectivity index (χ3n) is 4.39. The molecule has 0 aliphatic carbocycles. The second-order valence-electron chi connectivity index (χ2n) is 5.93. The molecule has 1 aliphatic heterocycles. The van der Waals surface area contributed by atoms with Crippen molar-refractivity contribution >= 4 is 22.5 Å². The number of hydrogen-bond donors (Lipinski definition) is 2. The van der Waals surface area contributed by atoms with Gasteiger partial charge in [-0.05, 0) is 30.5 Å². The van der Waals surface area contributed by atoms with Gasteiger partial charge in [-0.1, -0.05) is 17.7 Å². The molecule has 1 saturated heterocycles. The summed E-state index contributed by atoms with van der Waals surface area (Å²) in [7, 11) is 0. The van der Waals surface area contributed by atoms with Crippen LogP contribution in [0.3, 0.4) is 0 Å². The van der Waals surface area contributed by atoms with Gasteiger partial charge in [-0.2, -0.15) is 0 Å². The second kappa shape index (κ2) is 7.47. The summed E-state index contributed by atoms with van der Waals surface area (Å²) < 4.78 is 2.23. The lowest BCUT2D eigenvalue weighted by Crippen LogP contribution is -2.44. The van der Waals surface area contributed by atoms with Gasteiger partial charge >= 0.3 is 0 Å². The summed E-state index contributed by atoms with van der Waals surface area (Å²) in [5, 5.41) is 14.5. The first-order valence-electron chi connectivity index (χ1n) is 8.09. The summed E-state index contributed by atoms with van der Waals surface area (Å²) in [4.78, 5) is 2.52. The topological polar surface area (TPSA) is 40.4 Å². The van der Waals surface area contributed by atoms with Crippen molar-refractivity contribution in [1.82, 2.24) is 14.8 Å². The number of nitrogens with one attached hydrogen (secondary N) is 1. The average Bonchev–Trinajstić information content (AvgIpc) is 2.89. The van der Waals surface area contributed by atoms with Crippen molar-refractivity contribution in [3.05, 3.63) is 35.0 Å². The Balaban J connectivity index is 1.78. The predicted molar refractivity (Wildman–Crippen MR) is 91.7 cm³/mol. The first kappa shape index (κ1) is 15.8. The molecule has 1 aliphatic rings. The molecule has 2 N–H and O–H groups in total. The van der Waals surface area contributed by atoms with Gasteiger partial charge in [-0.3, -0.25) is 0 Å². The van der Waals surface area contributed by atoms with Crippen molar-refractivity contribution in [3.63, 3.8) is 0 Å². The standard InChI is InChI=1S/C17H24ClN3O/c18-15-2-3-16-14(4-8-20-9-5-19-6-10-20)13-21(7-1-11-22)17(16)12-15/h2-3,12-13,19,22H,1,4-11H2. The second-order valence-corrected chi connectivity index (χ2v) is 6.36.